The second-order valence-electron chi connectivity index (χ2n) is 7.17. The van der Waals surface area contributed by atoms with Crippen molar-refractivity contribution in [1.82, 2.24) is 19.5 Å². The van der Waals surface area contributed by atoms with Crippen LogP contribution >= 0.6 is 0 Å². The van der Waals surface area contributed by atoms with Crippen LogP contribution < -0.4 is 15.0 Å². The maximum Gasteiger partial charge on any atom is 0.281 e. The van der Waals surface area contributed by atoms with Crippen molar-refractivity contribution in [3.8, 4) is 22.7 Å². The summed E-state index contributed by atoms with van der Waals surface area (Å²) in [6, 6.07) is 17.0. The molecule has 0 amide bonds. The standard InChI is InChI=1S/C23H21N5O4S/c1-15-22(17-7-5-4-6-8-17)23(29)26-16(2)28(15)18-9-11-19(12-10-18)33(30,31)27-20-13-21(32-3)25-14-24-20/h4-14H,1-3H3,(H,24,25,27). The largest absolute Gasteiger partial charge is 0.481 e. The Hall–Kier alpha value is -4.05. The fourth-order valence-corrected chi connectivity index (χ4v) is 4.56. The summed E-state index contributed by atoms with van der Waals surface area (Å²) in [5, 5.41) is 0. The normalized spacial score (nSPS) is 11.2. The molecule has 1 N–H and O–H groups in total. The lowest BCUT2D eigenvalue weighted by atomic mass is 10.1. The van der Waals surface area contributed by atoms with Crippen LogP contribution in [-0.2, 0) is 10.0 Å². The molecule has 0 spiro atoms. The van der Waals surface area contributed by atoms with Crippen molar-refractivity contribution in [2.45, 2.75) is 18.7 Å². The minimum atomic E-state index is -3.89. The summed E-state index contributed by atoms with van der Waals surface area (Å²) < 4.78 is 34.8. The maximum absolute atomic E-state index is 12.8. The Morgan fingerprint density at radius 3 is 2.33 bits per heavy atom. The summed E-state index contributed by atoms with van der Waals surface area (Å²) in [6.45, 7) is 3.57. The summed E-state index contributed by atoms with van der Waals surface area (Å²) >= 11 is 0. The minimum absolute atomic E-state index is 0.0522. The summed E-state index contributed by atoms with van der Waals surface area (Å²) in [6.07, 6.45) is 1.21. The molecular weight excluding hydrogens is 442 g/mol. The molecule has 9 nitrogen and oxygen atoms in total. The number of rotatable bonds is 6. The Morgan fingerprint density at radius 2 is 1.67 bits per heavy atom. The zero-order valence-corrected chi connectivity index (χ0v) is 19.0. The van der Waals surface area contributed by atoms with E-state index < -0.39 is 10.0 Å². The number of aromatic nitrogens is 4. The van der Waals surface area contributed by atoms with E-state index in [1.807, 2.05) is 41.8 Å². The number of nitrogens with one attached hydrogen (secondary N) is 1. The van der Waals surface area contributed by atoms with E-state index in [2.05, 4.69) is 19.7 Å². The quantitative estimate of drug-likeness (QED) is 0.467. The minimum Gasteiger partial charge on any atom is -0.481 e. The number of anilines is 1. The fraction of sp³-hybridized carbons (Fsp3) is 0.130. The first-order valence-corrected chi connectivity index (χ1v) is 11.4. The first-order chi connectivity index (χ1) is 15.8. The second kappa shape index (κ2) is 8.83. The van der Waals surface area contributed by atoms with Gasteiger partial charge in [0.15, 0.2) is 0 Å². The van der Waals surface area contributed by atoms with Gasteiger partial charge in [0.2, 0.25) is 5.88 Å². The third-order valence-electron chi connectivity index (χ3n) is 5.06. The molecule has 0 aliphatic rings. The van der Waals surface area contributed by atoms with E-state index in [0.717, 1.165) is 5.56 Å². The van der Waals surface area contributed by atoms with Crippen LogP contribution in [0.4, 0.5) is 5.82 Å². The van der Waals surface area contributed by atoms with Crippen LogP contribution in [0, 0.1) is 13.8 Å². The van der Waals surface area contributed by atoms with Gasteiger partial charge in [-0.1, -0.05) is 30.3 Å². The van der Waals surface area contributed by atoms with Gasteiger partial charge in [-0.2, -0.15) is 4.98 Å². The highest BCUT2D eigenvalue weighted by Gasteiger charge is 2.18. The lowest BCUT2D eigenvalue weighted by Crippen LogP contribution is -2.20. The Bertz CT molecular complexity index is 1470. The van der Waals surface area contributed by atoms with Crippen molar-refractivity contribution in [3.05, 3.63) is 88.9 Å². The summed E-state index contributed by atoms with van der Waals surface area (Å²) in [5.74, 6) is 0.831. The summed E-state index contributed by atoms with van der Waals surface area (Å²) in [4.78, 5) is 24.6. The Morgan fingerprint density at radius 1 is 0.970 bits per heavy atom. The second-order valence-corrected chi connectivity index (χ2v) is 8.85. The van der Waals surface area contributed by atoms with Crippen LogP contribution in [-0.4, -0.2) is 35.0 Å². The number of methoxy groups -OCH3 is 1. The van der Waals surface area contributed by atoms with Gasteiger partial charge in [0.25, 0.3) is 15.6 Å². The molecule has 0 fully saturated rings. The molecule has 0 atom stereocenters. The number of ether oxygens (including phenoxy) is 1. The Labute approximate surface area is 190 Å². The molecule has 0 bridgehead atoms. The molecule has 0 aliphatic carbocycles. The predicted molar refractivity (Wildman–Crippen MR) is 124 cm³/mol. The van der Waals surface area contributed by atoms with Gasteiger partial charge >= 0.3 is 0 Å². The molecule has 0 saturated heterocycles. The molecule has 4 rings (SSSR count). The maximum atomic E-state index is 12.8. The van der Waals surface area contributed by atoms with Gasteiger partial charge < -0.3 is 9.30 Å². The molecule has 0 aliphatic heterocycles. The van der Waals surface area contributed by atoms with Crippen LogP contribution in [0.3, 0.4) is 0 Å². The Balaban J connectivity index is 1.71. The Kier molecular flexibility index (Phi) is 5.93. The highest BCUT2D eigenvalue weighted by molar-refractivity contribution is 7.92. The van der Waals surface area contributed by atoms with E-state index in [1.165, 1.54) is 31.6 Å². The molecule has 2 aromatic heterocycles. The average Bonchev–Trinajstić information content (AvgIpc) is 2.79. The summed E-state index contributed by atoms with van der Waals surface area (Å²) in [5.41, 5.74) is 2.34. The first kappa shape index (κ1) is 22.2. The van der Waals surface area contributed by atoms with Crippen LogP contribution in [0.2, 0.25) is 0 Å². The fourth-order valence-electron chi connectivity index (χ4n) is 3.56. The monoisotopic (exact) mass is 463 g/mol. The van der Waals surface area contributed by atoms with Crippen LogP contribution in [0.5, 0.6) is 5.88 Å². The third kappa shape index (κ3) is 4.46. The van der Waals surface area contributed by atoms with Crippen LogP contribution in [0.15, 0.2) is 76.7 Å². The number of benzene rings is 2. The van der Waals surface area contributed by atoms with Gasteiger partial charge in [-0.25, -0.2) is 18.4 Å². The van der Waals surface area contributed by atoms with Crippen molar-refractivity contribution in [1.29, 1.82) is 0 Å². The molecule has 0 radical (unpaired) electrons. The van der Waals surface area contributed by atoms with Gasteiger partial charge in [0, 0.05) is 17.4 Å². The van der Waals surface area contributed by atoms with Crippen molar-refractivity contribution in [3.63, 3.8) is 0 Å². The van der Waals surface area contributed by atoms with Gasteiger partial charge in [-0.3, -0.25) is 9.52 Å². The number of aryl methyl sites for hydroxylation is 1. The molecule has 33 heavy (non-hydrogen) atoms. The molecule has 10 heteroatoms. The van der Waals surface area contributed by atoms with Gasteiger partial charge in [0.1, 0.15) is 18.0 Å². The van der Waals surface area contributed by atoms with E-state index in [0.29, 0.717) is 22.8 Å². The first-order valence-electron chi connectivity index (χ1n) is 9.95. The molecule has 2 heterocycles. The highest BCUT2D eigenvalue weighted by atomic mass is 32.2. The highest BCUT2D eigenvalue weighted by Crippen LogP contribution is 2.24. The molecular formula is C23H21N5O4S. The van der Waals surface area contributed by atoms with E-state index in [4.69, 9.17) is 4.74 Å². The summed E-state index contributed by atoms with van der Waals surface area (Å²) in [7, 11) is -2.46. The van der Waals surface area contributed by atoms with Gasteiger partial charge in [0.05, 0.1) is 17.6 Å². The van der Waals surface area contributed by atoms with Gasteiger partial charge in [-0.05, 0) is 43.7 Å². The number of hydrogen-bond donors (Lipinski definition) is 1. The van der Waals surface area contributed by atoms with Crippen LogP contribution in [0.25, 0.3) is 16.8 Å². The topological polar surface area (TPSA) is 116 Å². The average molecular weight is 464 g/mol. The van der Waals surface area contributed by atoms with E-state index >= 15 is 0 Å². The van der Waals surface area contributed by atoms with Crippen molar-refractivity contribution in [2.75, 3.05) is 11.8 Å². The lowest BCUT2D eigenvalue weighted by Gasteiger charge is -2.17. The molecule has 4 aromatic rings. The smallest absolute Gasteiger partial charge is 0.281 e. The number of sulfonamides is 1. The zero-order valence-electron chi connectivity index (χ0n) is 18.2. The molecule has 0 saturated carbocycles. The molecule has 168 valence electrons. The van der Waals surface area contributed by atoms with E-state index in [9.17, 15) is 13.2 Å². The zero-order chi connectivity index (χ0) is 23.6. The van der Waals surface area contributed by atoms with E-state index in [1.54, 1.807) is 19.1 Å². The molecule has 0 unspecified atom stereocenters. The number of hydrogen-bond acceptors (Lipinski definition) is 7. The SMILES string of the molecule is COc1cc(NS(=O)(=O)c2ccc(-n3c(C)nc(=O)c(-c4ccccc4)c3C)cc2)ncn1. The van der Waals surface area contributed by atoms with Crippen molar-refractivity contribution < 1.29 is 13.2 Å². The number of nitrogens with zero attached hydrogens (tertiary/aromatic N) is 4. The lowest BCUT2D eigenvalue weighted by molar-refractivity contribution is 0.397. The molecule has 2 aromatic carbocycles. The predicted octanol–water partition coefficient (Wildman–Crippen LogP) is 3.12. The van der Waals surface area contributed by atoms with Gasteiger partial charge in [-0.15, -0.1) is 0 Å². The van der Waals surface area contributed by atoms with Crippen molar-refractivity contribution >= 4 is 15.8 Å². The van der Waals surface area contributed by atoms with E-state index in [-0.39, 0.29) is 22.2 Å². The van der Waals surface area contributed by atoms with Crippen molar-refractivity contribution in [2.24, 2.45) is 0 Å². The third-order valence-corrected chi connectivity index (χ3v) is 6.43. The van der Waals surface area contributed by atoms with Crippen LogP contribution in [0.1, 0.15) is 11.5 Å².